The van der Waals surface area contributed by atoms with Crippen molar-refractivity contribution in [1.82, 2.24) is 10.2 Å². The highest BCUT2D eigenvalue weighted by Gasteiger charge is 2.11. The minimum atomic E-state index is 0.0312. The van der Waals surface area contributed by atoms with Gasteiger partial charge in [0, 0.05) is 22.8 Å². The van der Waals surface area contributed by atoms with Gasteiger partial charge in [-0.1, -0.05) is 30.3 Å². The van der Waals surface area contributed by atoms with Gasteiger partial charge in [0.05, 0.1) is 0 Å². The molecule has 132 valence electrons. The first kappa shape index (κ1) is 18.0. The van der Waals surface area contributed by atoms with E-state index in [0.29, 0.717) is 0 Å². The molecule has 1 N–H and O–H groups in total. The van der Waals surface area contributed by atoms with E-state index in [1.165, 1.54) is 36.4 Å². The van der Waals surface area contributed by atoms with Crippen LogP contribution in [-0.4, -0.2) is 37.0 Å². The molecule has 0 bridgehead atoms. The van der Waals surface area contributed by atoms with Crippen LogP contribution >= 0.6 is 11.8 Å². The zero-order chi connectivity index (χ0) is 17.3. The van der Waals surface area contributed by atoms with E-state index in [9.17, 15) is 4.79 Å². The minimum absolute atomic E-state index is 0.0312. The summed E-state index contributed by atoms with van der Waals surface area (Å²) in [5, 5.41) is 3.03. The molecule has 4 heteroatoms. The number of nitrogens with zero attached hydrogens (tertiary/aromatic N) is 1. The van der Waals surface area contributed by atoms with E-state index in [1.54, 1.807) is 0 Å². The lowest BCUT2D eigenvalue weighted by molar-refractivity contribution is 0.0952. The van der Waals surface area contributed by atoms with Crippen LogP contribution in [-0.2, 0) is 5.75 Å². The van der Waals surface area contributed by atoms with Gasteiger partial charge in [-0.2, -0.15) is 0 Å². The van der Waals surface area contributed by atoms with Crippen LogP contribution in [0.25, 0.3) is 0 Å². The monoisotopic (exact) mass is 354 g/mol. The molecule has 3 rings (SSSR count). The van der Waals surface area contributed by atoms with E-state index in [2.05, 4.69) is 46.6 Å². The normalized spacial score (nSPS) is 14.6. The maximum atomic E-state index is 12.2. The van der Waals surface area contributed by atoms with Gasteiger partial charge < -0.3 is 10.2 Å². The number of thioether (sulfide) groups is 1. The predicted octanol–water partition coefficient (Wildman–Crippen LogP) is 4.19. The topological polar surface area (TPSA) is 32.3 Å². The van der Waals surface area contributed by atoms with Crippen molar-refractivity contribution in [1.29, 1.82) is 0 Å². The van der Waals surface area contributed by atoms with Crippen molar-refractivity contribution < 1.29 is 4.79 Å². The number of hydrogen-bond donors (Lipinski definition) is 1. The summed E-state index contributed by atoms with van der Waals surface area (Å²) in [5.74, 6) is 0.950. The fourth-order valence-corrected chi connectivity index (χ4v) is 3.92. The van der Waals surface area contributed by atoms with Crippen LogP contribution < -0.4 is 5.32 Å². The average Bonchev–Trinajstić information content (AvgIpc) is 3.18. The third-order valence-corrected chi connectivity index (χ3v) is 5.58. The van der Waals surface area contributed by atoms with Gasteiger partial charge >= 0.3 is 0 Å². The summed E-state index contributed by atoms with van der Waals surface area (Å²) in [6, 6.07) is 18.3. The molecule has 0 saturated carbocycles. The van der Waals surface area contributed by atoms with Crippen molar-refractivity contribution >= 4 is 17.7 Å². The molecule has 0 spiro atoms. The first-order valence-electron chi connectivity index (χ1n) is 9.08. The van der Waals surface area contributed by atoms with Crippen LogP contribution in [0.15, 0.2) is 59.5 Å². The molecule has 0 radical (unpaired) electrons. The number of amides is 1. The van der Waals surface area contributed by atoms with E-state index in [1.807, 2.05) is 30.0 Å². The van der Waals surface area contributed by atoms with Gasteiger partial charge in [0.25, 0.3) is 5.91 Å². The number of likely N-dealkylation sites (tertiary alicyclic amines) is 1. The lowest BCUT2D eigenvalue weighted by atomic mass is 10.1. The standard InChI is InChI=1S/C21H26N2OS/c24-21(22-13-6-16-23-14-4-5-15-23)19-11-9-18(10-12-19)17-25-20-7-2-1-3-8-20/h1-3,7-12H,4-6,13-17H2,(H,22,24). The Morgan fingerprint density at radius 3 is 2.44 bits per heavy atom. The molecular weight excluding hydrogens is 328 g/mol. The smallest absolute Gasteiger partial charge is 0.251 e. The van der Waals surface area contributed by atoms with Crippen molar-refractivity contribution in [3.63, 3.8) is 0 Å². The lowest BCUT2D eigenvalue weighted by Crippen LogP contribution is -2.28. The number of hydrogen-bond acceptors (Lipinski definition) is 3. The summed E-state index contributed by atoms with van der Waals surface area (Å²) in [4.78, 5) is 15.9. The second-order valence-electron chi connectivity index (χ2n) is 6.46. The molecule has 1 aliphatic heterocycles. The van der Waals surface area contributed by atoms with Crippen LogP contribution in [0.3, 0.4) is 0 Å². The van der Waals surface area contributed by atoms with E-state index >= 15 is 0 Å². The van der Waals surface area contributed by atoms with Gasteiger partial charge in [-0.25, -0.2) is 0 Å². The summed E-state index contributed by atoms with van der Waals surface area (Å²) in [6.07, 6.45) is 3.67. The van der Waals surface area contributed by atoms with E-state index < -0.39 is 0 Å². The van der Waals surface area contributed by atoms with Crippen LogP contribution in [0.4, 0.5) is 0 Å². The zero-order valence-corrected chi connectivity index (χ0v) is 15.4. The highest BCUT2D eigenvalue weighted by molar-refractivity contribution is 7.98. The van der Waals surface area contributed by atoms with E-state index in [0.717, 1.165) is 30.8 Å². The second-order valence-corrected chi connectivity index (χ2v) is 7.51. The fourth-order valence-electron chi connectivity index (χ4n) is 3.05. The molecule has 0 unspecified atom stereocenters. The third kappa shape index (κ3) is 5.91. The van der Waals surface area contributed by atoms with Crippen LogP contribution in [0.2, 0.25) is 0 Å². The minimum Gasteiger partial charge on any atom is -0.352 e. The number of nitrogens with one attached hydrogen (secondary N) is 1. The Hall–Kier alpha value is -1.78. The van der Waals surface area contributed by atoms with Gasteiger partial charge in [-0.3, -0.25) is 4.79 Å². The Labute approximate surface area is 154 Å². The number of carbonyl (C=O) groups is 1. The van der Waals surface area contributed by atoms with Crippen molar-refractivity contribution in [2.45, 2.75) is 29.9 Å². The van der Waals surface area contributed by atoms with Gasteiger partial charge in [-0.15, -0.1) is 11.8 Å². The molecule has 1 aliphatic rings. The highest BCUT2D eigenvalue weighted by Crippen LogP contribution is 2.22. The van der Waals surface area contributed by atoms with Gasteiger partial charge in [-0.05, 0) is 68.7 Å². The number of benzene rings is 2. The first-order chi connectivity index (χ1) is 12.3. The molecule has 0 aliphatic carbocycles. The lowest BCUT2D eigenvalue weighted by Gasteiger charge is -2.14. The zero-order valence-electron chi connectivity index (χ0n) is 14.6. The first-order valence-corrected chi connectivity index (χ1v) is 10.1. The van der Waals surface area contributed by atoms with E-state index in [4.69, 9.17) is 0 Å². The van der Waals surface area contributed by atoms with Gasteiger partial charge in [0.1, 0.15) is 0 Å². The summed E-state index contributed by atoms with van der Waals surface area (Å²) < 4.78 is 0. The summed E-state index contributed by atoms with van der Waals surface area (Å²) in [6.45, 7) is 4.28. The van der Waals surface area contributed by atoms with Gasteiger partial charge in [0.2, 0.25) is 0 Å². The molecular formula is C21H26N2OS. The molecule has 1 saturated heterocycles. The molecule has 0 aromatic heterocycles. The van der Waals surface area contributed by atoms with Crippen LogP contribution in [0.5, 0.6) is 0 Å². The molecule has 1 amide bonds. The molecule has 1 heterocycles. The molecule has 3 nitrogen and oxygen atoms in total. The van der Waals surface area contributed by atoms with Crippen molar-refractivity contribution in [2.24, 2.45) is 0 Å². The maximum Gasteiger partial charge on any atom is 0.251 e. The van der Waals surface area contributed by atoms with Crippen molar-refractivity contribution in [3.05, 3.63) is 65.7 Å². The molecule has 1 fully saturated rings. The van der Waals surface area contributed by atoms with Crippen molar-refractivity contribution in [3.8, 4) is 0 Å². The number of rotatable bonds is 8. The Bertz CT molecular complexity index is 651. The second kappa shape index (κ2) is 9.64. The molecule has 25 heavy (non-hydrogen) atoms. The van der Waals surface area contributed by atoms with Gasteiger partial charge in [0.15, 0.2) is 0 Å². The maximum absolute atomic E-state index is 12.2. The van der Waals surface area contributed by atoms with Crippen molar-refractivity contribution in [2.75, 3.05) is 26.2 Å². The Morgan fingerprint density at radius 1 is 1.00 bits per heavy atom. The van der Waals surface area contributed by atoms with Crippen LogP contribution in [0.1, 0.15) is 35.2 Å². The Morgan fingerprint density at radius 2 is 1.72 bits per heavy atom. The van der Waals surface area contributed by atoms with E-state index in [-0.39, 0.29) is 5.91 Å². The summed E-state index contributed by atoms with van der Waals surface area (Å²) in [5.41, 5.74) is 1.98. The SMILES string of the molecule is O=C(NCCCN1CCCC1)c1ccc(CSc2ccccc2)cc1. The number of carbonyl (C=O) groups excluding carboxylic acids is 1. The average molecular weight is 355 g/mol. The Balaban J connectivity index is 1.39. The molecule has 2 aromatic carbocycles. The Kier molecular flexibility index (Phi) is 6.95. The third-order valence-electron chi connectivity index (χ3n) is 4.50. The molecule has 0 atom stereocenters. The molecule has 2 aromatic rings. The quantitative estimate of drug-likeness (QED) is 0.570. The largest absolute Gasteiger partial charge is 0.352 e. The highest BCUT2D eigenvalue weighted by atomic mass is 32.2. The summed E-state index contributed by atoms with van der Waals surface area (Å²) >= 11 is 1.81. The summed E-state index contributed by atoms with van der Waals surface area (Å²) in [7, 11) is 0. The predicted molar refractivity (Wildman–Crippen MR) is 105 cm³/mol. The fraction of sp³-hybridized carbons (Fsp3) is 0.381. The van der Waals surface area contributed by atoms with Crippen LogP contribution in [0, 0.1) is 0 Å².